The quantitative estimate of drug-likeness (QED) is 0.797. The molecular weight excluding hydrogens is 362 g/mol. The number of halogens is 1. The zero-order valence-electron chi connectivity index (χ0n) is 13.0. The minimum atomic E-state index is -0.209. The Morgan fingerprint density at radius 2 is 2.04 bits per heavy atom. The summed E-state index contributed by atoms with van der Waals surface area (Å²) in [5.74, 6) is -0.0924. The summed E-state index contributed by atoms with van der Waals surface area (Å²) in [6.45, 7) is 4.97. The molecule has 1 amide bonds. The van der Waals surface area contributed by atoms with Gasteiger partial charge in [0.2, 0.25) is 5.91 Å². The van der Waals surface area contributed by atoms with Gasteiger partial charge in [0.05, 0.1) is 29.4 Å². The van der Waals surface area contributed by atoms with Gasteiger partial charge in [-0.1, -0.05) is 15.9 Å². The van der Waals surface area contributed by atoms with E-state index in [9.17, 15) is 9.59 Å². The van der Waals surface area contributed by atoms with Crippen LogP contribution in [-0.4, -0.2) is 45.7 Å². The van der Waals surface area contributed by atoms with Gasteiger partial charge in [-0.2, -0.15) is 0 Å². The van der Waals surface area contributed by atoms with E-state index < -0.39 is 0 Å². The fourth-order valence-electron chi connectivity index (χ4n) is 2.87. The van der Waals surface area contributed by atoms with E-state index in [-0.39, 0.29) is 30.2 Å². The molecule has 23 heavy (non-hydrogen) atoms. The first-order valence-electron chi connectivity index (χ1n) is 7.52. The highest BCUT2D eigenvalue weighted by molar-refractivity contribution is 9.10. The van der Waals surface area contributed by atoms with E-state index in [0.717, 1.165) is 4.47 Å². The second kappa shape index (κ2) is 6.41. The van der Waals surface area contributed by atoms with Crippen LogP contribution in [0.1, 0.15) is 13.8 Å². The summed E-state index contributed by atoms with van der Waals surface area (Å²) in [4.78, 5) is 31.0. The number of aromatic nitrogens is 2. The van der Waals surface area contributed by atoms with Crippen LogP contribution < -0.4 is 5.56 Å². The van der Waals surface area contributed by atoms with Gasteiger partial charge in [-0.15, -0.1) is 0 Å². The summed E-state index contributed by atoms with van der Waals surface area (Å²) < 4.78 is 7.80. The summed E-state index contributed by atoms with van der Waals surface area (Å²) in [6, 6.07) is 5.34. The van der Waals surface area contributed by atoms with E-state index in [0.29, 0.717) is 24.0 Å². The molecule has 0 N–H and O–H groups in total. The second-order valence-corrected chi connectivity index (χ2v) is 6.81. The molecule has 3 rings (SSSR count). The molecule has 1 fully saturated rings. The summed E-state index contributed by atoms with van der Waals surface area (Å²) in [6.07, 6.45) is 1.44. The predicted molar refractivity (Wildman–Crippen MR) is 90.3 cm³/mol. The van der Waals surface area contributed by atoms with Crippen molar-refractivity contribution in [2.24, 2.45) is 0 Å². The van der Waals surface area contributed by atoms with Crippen molar-refractivity contribution in [3.63, 3.8) is 0 Å². The molecule has 0 saturated carbocycles. The van der Waals surface area contributed by atoms with Crippen molar-refractivity contribution in [2.45, 2.75) is 32.6 Å². The molecule has 1 aromatic heterocycles. The van der Waals surface area contributed by atoms with Crippen LogP contribution in [0.2, 0.25) is 0 Å². The summed E-state index contributed by atoms with van der Waals surface area (Å²) in [5, 5.41) is 0.499. The molecule has 1 aliphatic heterocycles. The molecule has 7 heteroatoms. The number of rotatable bonds is 2. The normalized spacial score (nSPS) is 21.6. The summed E-state index contributed by atoms with van der Waals surface area (Å²) in [5.41, 5.74) is 0.412. The number of carbonyl (C=O) groups is 1. The monoisotopic (exact) mass is 379 g/mol. The molecule has 0 spiro atoms. The lowest BCUT2D eigenvalue weighted by molar-refractivity contribution is -0.143. The molecule has 1 aliphatic rings. The van der Waals surface area contributed by atoms with Crippen molar-refractivity contribution in [2.75, 3.05) is 13.1 Å². The van der Waals surface area contributed by atoms with Gasteiger partial charge in [-0.05, 0) is 32.0 Å². The van der Waals surface area contributed by atoms with Crippen LogP contribution in [0.3, 0.4) is 0 Å². The molecule has 1 aromatic carbocycles. The maximum absolute atomic E-state index is 12.5. The zero-order chi connectivity index (χ0) is 16.6. The van der Waals surface area contributed by atoms with Gasteiger partial charge >= 0.3 is 0 Å². The highest BCUT2D eigenvalue weighted by atomic mass is 79.9. The van der Waals surface area contributed by atoms with E-state index in [4.69, 9.17) is 4.74 Å². The van der Waals surface area contributed by atoms with Crippen molar-refractivity contribution < 1.29 is 9.53 Å². The number of fused-ring (bicyclic) bond motifs is 1. The molecule has 0 aliphatic carbocycles. The third-order valence-electron chi connectivity index (χ3n) is 3.86. The Bertz CT molecular complexity index is 795. The Morgan fingerprint density at radius 3 is 2.74 bits per heavy atom. The molecule has 1 saturated heterocycles. The average molecular weight is 380 g/mol. The SMILES string of the molecule is C[C@@H]1CN(C(=O)Cn2cnc3ccc(Br)cc3c2=O)C[C@H](C)O1. The Morgan fingerprint density at radius 1 is 1.35 bits per heavy atom. The number of morpholine rings is 1. The maximum Gasteiger partial charge on any atom is 0.261 e. The average Bonchev–Trinajstić information content (AvgIpc) is 2.49. The second-order valence-electron chi connectivity index (χ2n) is 5.90. The number of amides is 1. The minimum Gasteiger partial charge on any atom is -0.372 e. The van der Waals surface area contributed by atoms with Crippen molar-refractivity contribution >= 4 is 32.7 Å². The van der Waals surface area contributed by atoms with Gasteiger partial charge < -0.3 is 9.64 Å². The van der Waals surface area contributed by atoms with Crippen LogP contribution in [0, 0.1) is 0 Å². The molecular formula is C16H18BrN3O3. The fraction of sp³-hybridized carbons (Fsp3) is 0.438. The van der Waals surface area contributed by atoms with Crippen molar-refractivity contribution in [3.8, 4) is 0 Å². The molecule has 6 nitrogen and oxygen atoms in total. The Kier molecular flexibility index (Phi) is 4.50. The molecule has 2 heterocycles. The van der Waals surface area contributed by atoms with E-state index in [2.05, 4.69) is 20.9 Å². The fourth-order valence-corrected chi connectivity index (χ4v) is 3.23. The van der Waals surface area contributed by atoms with E-state index in [1.165, 1.54) is 10.9 Å². The maximum atomic E-state index is 12.5. The Hall–Kier alpha value is -1.73. The first-order chi connectivity index (χ1) is 10.9. The van der Waals surface area contributed by atoms with Gasteiger partial charge in [-0.3, -0.25) is 14.2 Å². The third kappa shape index (κ3) is 3.45. The first-order valence-corrected chi connectivity index (χ1v) is 8.31. The number of ether oxygens (including phenoxy) is 1. The lowest BCUT2D eigenvalue weighted by Gasteiger charge is -2.35. The van der Waals surface area contributed by atoms with Crippen molar-refractivity contribution in [1.29, 1.82) is 0 Å². The topological polar surface area (TPSA) is 64.4 Å². The summed E-state index contributed by atoms with van der Waals surface area (Å²) in [7, 11) is 0. The highest BCUT2D eigenvalue weighted by Crippen LogP contribution is 2.15. The number of carbonyl (C=O) groups excluding carboxylic acids is 1. The van der Waals surface area contributed by atoms with Crippen LogP contribution in [0.5, 0.6) is 0 Å². The summed E-state index contributed by atoms with van der Waals surface area (Å²) >= 11 is 3.35. The highest BCUT2D eigenvalue weighted by Gasteiger charge is 2.26. The van der Waals surface area contributed by atoms with Gasteiger partial charge in [0.1, 0.15) is 6.54 Å². The molecule has 0 radical (unpaired) electrons. The Balaban J connectivity index is 1.85. The minimum absolute atomic E-state index is 0.00473. The number of benzene rings is 1. The van der Waals surface area contributed by atoms with Gasteiger partial charge in [0.15, 0.2) is 0 Å². The number of hydrogen-bond donors (Lipinski definition) is 0. The van der Waals surface area contributed by atoms with Crippen LogP contribution in [-0.2, 0) is 16.1 Å². The smallest absolute Gasteiger partial charge is 0.261 e. The molecule has 2 atom stereocenters. The standard InChI is InChI=1S/C16H18BrN3O3/c1-10-6-19(7-11(2)23-10)15(21)8-20-9-18-14-4-3-12(17)5-13(14)16(20)22/h3-5,9-11H,6-8H2,1-2H3/t10-,11+. The van der Waals surface area contributed by atoms with Gasteiger partial charge in [0, 0.05) is 17.6 Å². The Labute approximate surface area is 142 Å². The van der Waals surface area contributed by atoms with Crippen LogP contribution >= 0.6 is 15.9 Å². The third-order valence-corrected chi connectivity index (χ3v) is 4.36. The van der Waals surface area contributed by atoms with E-state index >= 15 is 0 Å². The van der Waals surface area contributed by atoms with Gasteiger partial charge in [-0.25, -0.2) is 4.98 Å². The molecule has 2 aromatic rings. The van der Waals surface area contributed by atoms with Crippen molar-refractivity contribution in [1.82, 2.24) is 14.5 Å². The lowest BCUT2D eigenvalue weighted by Crippen LogP contribution is -2.49. The van der Waals surface area contributed by atoms with Crippen LogP contribution in [0.4, 0.5) is 0 Å². The van der Waals surface area contributed by atoms with Gasteiger partial charge in [0.25, 0.3) is 5.56 Å². The van der Waals surface area contributed by atoms with Crippen molar-refractivity contribution in [3.05, 3.63) is 39.4 Å². The predicted octanol–water partition coefficient (Wildman–Crippen LogP) is 1.79. The van der Waals surface area contributed by atoms with Crippen LogP contribution in [0.15, 0.2) is 33.8 Å². The van der Waals surface area contributed by atoms with E-state index in [1.807, 2.05) is 19.9 Å². The van der Waals surface area contributed by atoms with E-state index in [1.54, 1.807) is 17.0 Å². The number of hydrogen-bond acceptors (Lipinski definition) is 4. The molecule has 0 unspecified atom stereocenters. The van der Waals surface area contributed by atoms with Crippen LogP contribution in [0.25, 0.3) is 10.9 Å². The molecule has 0 bridgehead atoms. The number of nitrogens with zero attached hydrogens (tertiary/aromatic N) is 3. The zero-order valence-corrected chi connectivity index (χ0v) is 14.6. The molecule has 122 valence electrons. The first kappa shape index (κ1) is 16.1. The lowest BCUT2D eigenvalue weighted by atomic mass is 10.2. The largest absolute Gasteiger partial charge is 0.372 e.